The van der Waals surface area contributed by atoms with Gasteiger partial charge in [0.1, 0.15) is 13.2 Å². The van der Waals surface area contributed by atoms with E-state index in [1.165, 1.54) is 0 Å². The highest BCUT2D eigenvalue weighted by molar-refractivity contribution is 6.31. The molecule has 1 N–H and O–H groups in total. The van der Waals surface area contributed by atoms with E-state index in [0.29, 0.717) is 15.8 Å². The summed E-state index contributed by atoms with van der Waals surface area (Å²) >= 11 is 12.3. The molecule has 0 aromatic heterocycles. The molecule has 0 aliphatic rings. The lowest BCUT2D eigenvalue weighted by Gasteiger charge is -2.15. The van der Waals surface area contributed by atoms with E-state index in [0.717, 1.165) is 11.1 Å². The van der Waals surface area contributed by atoms with Crippen LogP contribution in [0.25, 0.3) is 0 Å². The lowest BCUT2D eigenvalue weighted by atomic mass is 10.2. The van der Waals surface area contributed by atoms with Gasteiger partial charge in [-0.3, -0.25) is 0 Å². The van der Waals surface area contributed by atoms with Gasteiger partial charge in [-0.15, -0.1) is 0 Å². The Kier molecular flexibility index (Phi) is 5.69. The molecule has 0 amide bonds. The van der Waals surface area contributed by atoms with Gasteiger partial charge < -0.3 is 14.6 Å². The number of rotatable bonds is 6. The van der Waals surface area contributed by atoms with E-state index in [2.05, 4.69) is 0 Å². The molecule has 0 fully saturated rings. The maximum absolute atomic E-state index is 10.1. The third-order valence-corrected chi connectivity index (χ3v) is 4.37. The Morgan fingerprint density at radius 2 is 1.24 bits per heavy atom. The number of hydrogen-bond acceptors (Lipinski definition) is 3. The van der Waals surface area contributed by atoms with E-state index < -0.39 is 0 Å². The summed E-state index contributed by atoms with van der Waals surface area (Å²) in [4.78, 5) is 0. The zero-order chi connectivity index (χ0) is 17.6. The van der Waals surface area contributed by atoms with Crippen LogP contribution < -0.4 is 9.47 Å². The van der Waals surface area contributed by atoms with Gasteiger partial charge in [0.25, 0.3) is 0 Å². The molecule has 0 unspecified atom stereocenters. The number of para-hydroxylation sites is 1. The number of aromatic hydroxyl groups is 1. The van der Waals surface area contributed by atoms with E-state index in [-0.39, 0.29) is 24.7 Å². The Labute approximate surface area is 156 Å². The zero-order valence-corrected chi connectivity index (χ0v) is 14.8. The summed E-state index contributed by atoms with van der Waals surface area (Å²) in [5, 5.41) is 11.4. The van der Waals surface area contributed by atoms with E-state index in [1.54, 1.807) is 30.3 Å². The quantitative estimate of drug-likeness (QED) is 0.587. The molecule has 0 spiro atoms. The molecule has 25 heavy (non-hydrogen) atoms. The van der Waals surface area contributed by atoms with Gasteiger partial charge in [-0.05, 0) is 24.3 Å². The smallest absolute Gasteiger partial charge is 0.203 e. The number of halogens is 2. The normalized spacial score (nSPS) is 10.5. The van der Waals surface area contributed by atoms with Crippen molar-refractivity contribution in [2.24, 2.45) is 0 Å². The highest BCUT2D eigenvalue weighted by atomic mass is 35.5. The average Bonchev–Trinajstić information content (AvgIpc) is 2.61. The second kappa shape index (κ2) is 8.15. The summed E-state index contributed by atoms with van der Waals surface area (Å²) in [7, 11) is 0. The Morgan fingerprint density at radius 1 is 0.680 bits per heavy atom. The summed E-state index contributed by atoms with van der Waals surface area (Å²) in [5.74, 6) is 0.713. The van der Waals surface area contributed by atoms with Gasteiger partial charge in [-0.2, -0.15) is 0 Å². The second-order valence-corrected chi connectivity index (χ2v) is 6.18. The topological polar surface area (TPSA) is 38.7 Å². The van der Waals surface area contributed by atoms with Gasteiger partial charge >= 0.3 is 0 Å². The fourth-order valence-electron chi connectivity index (χ4n) is 2.30. The van der Waals surface area contributed by atoms with Crippen molar-refractivity contribution in [3.8, 4) is 17.2 Å². The Bertz CT molecular complexity index is 865. The Balaban J connectivity index is 1.75. The maximum Gasteiger partial charge on any atom is 0.203 e. The molecule has 0 aliphatic heterocycles. The predicted octanol–water partition coefficient (Wildman–Crippen LogP) is 5.86. The molecule has 0 radical (unpaired) electrons. The minimum Gasteiger partial charge on any atom is -0.504 e. The summed E-state index contributed by atoms with van der Waals surface area (Å²) < 4.78 is 11.6. The average molecular weight is 375 g/mol. The van der Waals surface area contributed by atoms with Crippen LogP contribution in [0, 0.1) is 0 Å². The predicted molar refractivity (Wildman–Crippen MR) is 99.7 cm³/mol. The van der Waals surface area contributed by atoms with Crippen LogP contribution in [-0.4, -0.2) is 5.11 Å². The van der Waals surface area contributed by atoms with Gasteiger partial charge in [0.15, 0.2) is 11.5 Å². The minimum atomic E-state index is 0.00344. The van der Waals surface area contributed by atoms with E-state index in [4.69, 9.17) is 32.7 Å². The van der Waals surface area contributed by atoms with Crippen LogP contribution in [0.4, 0.5) is 0 Å². The third kappa shape index (κ3) is 4.38. The molecule has 0 aliphatic carbocycles. The summed E-state index contributed by atoms with van der Waals surface area (Å²) in [6.07, 6.45) is 0. The summed E-state index contributed by atoms with van der Waals surface area (Å²) in [6, 6.07) is 19.8. The van der Waals surface area contributed by atoms with Gasteiger partial charge in [0.05, 0.1) is 0 Å². The zero-order valence-electron chi connectivity index (χ0n) is 13.3. The molecule has 3 nitrogen and oxygen atoms in total. The van der Waals surface area contributed by atoms with Crippen LogP contribution in [0.5, 0.6) is 17.2 Å². The molecule has 0 saturated carbocycles. The van der Waals surface area contributed by atoms with E-state index >= 15 is 0 Å². The monoisotopic (exact) mass is 374 g/mol. The van der Waals surface area contributed by atoms with E-state index in [1.807, 2.05) is 36.4 Å². The third-order valence-electron chi connectivity index (χ3n) is 3.63. The molecule has 3 rings (SSSR count). The van der Waals surface area contributed by atoms with Gasteiger partial charge in [0, 0.05) is 21.2 Å². The van der Waals surface area contributed by atoms with Crippen LogP contribution in [-0.2, 0) is 13.2 Å². The number of phenolic OH excluding ortho intramolecular Hbond substituents is 1. The van der Waals surface area contributed by atoms with Crippen molar-refractivity contribution in [1.82, 2.24) is 0 Å². The minimum absolute atomic E-state index is 0.00344. The van der Waals surface area contributed by atoms with Crippen LogP contribution >= 0.6 is 23.2 Å². The first-order chi connectivity index (χ1) is 12.1. The second-order valence-electron chi connectivity index (χ2n) is 5.36. The fourth-order valence-corrected chi connectivity index (χ4v) is 2.68. The molecule has 0 atom stereocenters. The van der Waals surface area contributed by atoms with Gasteiger partial charge in [-0.1, -0.05) is 65.7 Å². The number of phenols is 1. The molecular formula is C20H16Cl2O3. The number of ether oxygens (including phenoxy) is 2. The van der Waals surface area contributed by atoms with Gasteiger partial charge in [0.2, 0.25) is 5.75 Å². The highest BCUT2D eigenvalue weighted by Gasteiger charge is 2.12. The van der Waals surface area contributed by atoms with Crippen molar-refractivity contribution in [3.05, 3.63) is 87.9 Å². The van der Waals surface area contributed by atoms with Crippen LogP contribution in [0.1, 0.15) is 11.1 Å². The van der Waals surface area contributed by atoms with Crippen molar-refractivity contribution in [1.29, 1.82) is 0 Å². The first kappa shape index (κ1) is 17.5. The lowest BCUT2D eigenvalue weighted by Crippen LogP contribution is -2.01. The molecule has 0 heterocycles. The molecule has 5 heteroatoms. The molecular weight excluding hydrogens is 359 g/mol. The maximum atomic E-state index is 10.1. The van der Waals surface area contributed by atoms with Gasteiger partial charge in [-0.25, -0.2) is 0 Å². The fraction of sp³-hybridized carbons (Fsp3) is 0.100. The molecule has 3 aromatic rings. The Hall–Kier alpha value is -2.36. The number of benzene rings is 3. The molecule has 3 aromatic carbocycles. The summed E-state index contributed by atoms with van der Waals surface area (Å²) in [5.41, 5.74) is 1.68. The lowest BCUT2D eigenvalue weighted by molar-refractivity contribution is 0.246. The highest BCUT2D eigenvalue weighted by Crippen LogP contribution is 2.37. The molecule has 0 bridgehead atoms. The van der Waals surface area contributed by atoms with Crippen molar-refractivity contribution in [3.63, 3.8) is 0 Å². The molecule has 0 saturated heterocycles. The van der Waals surface area contributed by atoms with E-state index in [9.17, 15) is 5.11 Å². The SMILES string of the molecule is Oc1cccc(OCc2ccccc2Cl)c1OCc1ccccc1Cl. The van der Waals surface area contributed by atoms with Crippen molar-refractivity contribution < 1.29 is 14.6 Å². The Morgan fingerprint density at radius 3 is 1.84 bits per heavy atom. The first-order valence-corrected chi connectivity index (χ1v) is 8.45. The first-order valence-electron chi connectivity index (χ1n) is 7.69. The van der Waals surface area contributed by atoms with Crippen LogP contribution in [0.15, 0.2) is 66.7 Å². The standard InChI is InChI=1S/C20H16Cl2O3/c21-16-8-3-1-6-14(16)12-24-19-11-5-10-18(23)20(19)25-13-15-7-2-4-9-17(15)22/h1-11,23H,12-13H2. The number of hydrogen-bond donors (Lipinski definition) is 1. The van der Waals surface area contributed by atoms with Crippen molar-refractivity contribution in [2.75, 3.05) is 0 Å². The molecule has 128 valence electrons. The largest absolute Gasteiger partial charge is 0.504 e. The van der Waals surface area contributed by atoms with Crippen LogP contribution in [0.2, 0.25) is 10.0 Å². The van der Waals surface area contributed by atoms with Crippen LogP contribution in [0.3, 0.4) is 0 Å². The van der Waals surface area contributed by atoms with Crippen molar-refractivity contribution >= 4 is 23.2 Å². The summed E-state index contributed by atoms with van der Waals surface area (Å²) in [6.45, 7) is 0.491. The van der Waals surface area contributed by atoms with Crippen molar-refractivity contribution in [2.45, 2.75) is 13.2 Å².